The summed E-state index contributed by atoms with van der Waals surface area (Å²) in [6.07, 6.45) is 6.75. The molecule has 2 aromatic heterocycles. The van der Waals surface area contributed by atoms with Crippen LogP contribution < -0.4 is 0 Å². The second-order valence-electron chi connectivity index (χ2n) is 3.90. The third-order valence-electron chi connectivity index (χ3n) is 2.41. The van der Waals surface area contributed by atoms with E-state index in [4.69, 9.17) is 0 Å². The zero-order chi connectivity index (χ0) is 12.3. The van der Waals surface area contributed by atoms with Crippen molar-refractivity contribution in [2.75, 3.05) is 14.1 Å². The van der Waals surface area contributed by atoms with E-state index in [9.17, 15) is 4.79 Å². The lowest BCUT2D eigenvalue weighted by Gasteiger charge is -2.10. The summed E-state index contributed by atoms with van der Waals surface area (Å²) < 4.78 is 0. The van der Waals surface area contributed by atoms with Gasteiger partial charge in [-0.1, -0.05) is 0 Å². The predicted molar refractivity (Wildman–Crippen MR) is 65.5 cm³/mol. The van der Waals surface area contributed by atoms with Crippen molar-refractivity contribution in [3.63, 3.8) is 0 Å². The Balaban J connectivity index is 2.39. The summed E-state index contributed by atoms with van der Waals surface area (Å²) in [5.74, 6) is -0.0478. The van der Waals surface area contributed by atoms with Crippen LogP contribution in [0.25, 0.3) is 11.1 Å². The Bertz CT molecular complexity index is 523. The lowest BCUT2D eigenvalue weighted by Crippen LogP contribution is -2.21. The molecule has 0 radical (unpaired) electrons. The van der Waals surface area contributed by atoms with Gasteiger partial charge in [-0.05, 0) is 23.8 Å². The highest BCUT2D eigenvalue weighted by Crippen LogP contribution is 2.18. The van der Waals surface area contributed by atoms with Gasteiger partial charge >= 0.3 is 0 Å². The third kappa shape index (κ3) is 2.47. The van der Waals surface area contributed by atoms with Crippen LogP contribution in [0, 0.1) is 0 Å². The highest BCUT2D eigenvalue weighted by molar-refractivity contribution is 5.94. The van der Waals surface area contributed by atoms with Crippen LogP contribution in [-0.2, 0) is 0 Å². The molecule has 0 bridgehead atoms. The van der Waals surface area contributed by atoms with Crippen LogP contribution in [0.2, 0.25) is 0 Å². The molecule has 0 aliphatic heterocycles. The maximum Gasteiger partial charge on any atom is 0.254 e. The maximum atomic E-state index is 11.8. The monoisotopic (exact) mass is 227 g/mol. The molecule has 0 N–H and O–H groups in total. The molecule has 2 aromatic rings. The minimum Gasteiger partial charge on any atom is -0.345 e. The standard InChI is InChI=1S/C13H13N3O/c1-16(2)13(17)12-7-11(8-15-9-12)10-3-5-14-6-4-10/h3-9H,1-2H3. The molecule has 4 heteroatoms. The third-order valence-corrected chi connectivity index (χ3v) is 2.41. The number of nitrogens with zero attached hydrogens (tertiary/aromatic N) is 3. The minimum atomic E-state index is -0.0478. The van der Waals surface area contributed by atoms with Gasteiger partial charge in [0.25, 0.3) is 5.91 Å². The number of hydrogen-bond acceptors (Lipinski definition) is 3. The number of carbonyl (C=O) groups excluding carboxylic acids is 1. The lowest BCUT2D eigenvalue weighted by molar-refractivity contribution is 0.0827. The second-order valence-corrected chi connectivity index (χ2v) is 3.90. The topological polar surface area (TPSA) is 46.1 Å². The average Bonchev–Trinajstić information content (AvgIpc) is 2.39. The Labute approximate surface area is 99.9 Å². The molecule has 0 saturated heterocycles. The van der Waals surface area contributed by atoms with Crippen molar-refractivity contribution in [3.8, 4) is 11.1 Å². The first-order valence-electron chi connectivity index (χ1n) is 5.25. The fraction of sp³-hybridized carbons (Fsp3) is 0.154. The van der Waals surface area contributed by atoms with Crippen molar-refractivity contribution in [2.45, 2.75) is 0 Å². The van der Waals surface area contributed by atoms with Gasteiger partial charge in [-0.3, -0.25) is 14.8 Å². The normalized spacial score (nSPS) is 10.0. The van der Waals surface area contributed by atoms with Crippen molar-refractivity contribution in [1.29, 1.82) is 0 Å². The van der Waals surface area contributed by atoms with Crippen molar-refractivity contribution >= 4 is 5.91 Å². The summed E-state index contributed by atoms with van der Waals surface area (Å²) in [6, 6.07) is 5.62. The average molecular weight is 227 g/mol. The molecule has 1 amide bonds. The van der Waals surface area contributed by atoms with Gasteiger partial charge in [-0.2, -0.15) is 0 Å². The van der Waals surface area contributed by atoms with Crippen LogP contribution in [0.3, 0.4) is 0 Å². The van der Waals surface area contributed by atoms with Crippen molar-refractivity contribution in [2.24, 2.45) is 0 Å². The van der Waals surface area contributed by atoms with Crippen molar-refractivity contribution in [1.82, 2.24) is 14.9 Å². The van der Waals surface area contributed by atoms with Gasteiger partial charge in [-0.15, -0.1) is 0 Å². The van der Waals surface area contributed by atoms with Gasteiger partial charge in [0.05, 0.1) is 5.56 Å². The van der Waals surface area contributed by atoms with E-state index in [1.54, 1.807) is 38.9 Å². The number of amides is 1. The molecule has 0 aliphatic carbocycles. The summed E-state index contributed by atoms with van der Waals surface area (Å²) in [4.78, 5) is 21.4. The Hall–Kier alpha value is -2.23. The molecular weight excluding hydrogens is 214 g/mol. The van der Waals surface area contributed by atoms with Crippen LogP contribution in [0.15, 0.2) is 43.0 Å². The fourth-order valence-corrected chi connectivity index (χ4v) is 1.52. The minimum absolute atomic E-state index is 0.0478. The number of hydrogen-bond donors (Lipinski definition) is 0. The van der Waals surface area contributed by atoms with Crippen LogP contribution >= 0.6 is 0 Å². The van der Waals surface area contributed by atoms with Gasteiger partial charge in [0.2, 0.25) is 0 Å². The molecule has 2 rings (SSSR count). The smallest absolute Gasteiger partial charge is 0.254 e. The Morgan fingerprint density at radius 3 is 2.41 bits per heavy atom. The Morgan fingerprint density at radius 1 is 1.06 bits per heavy atom. The highest BCUT2D eigenvalue weighted by Gasteiger charge is 2.09. The Morgan fingerprint density at radius 2 is 1.76 bits per heavy atom. The first-order chi connectivity index (χ1) is 8.18. The molecule has 2 heterocycles. The van der Waals surface area contributed by atoms with E-state index in [0.29, 0.717) is 5.56 Å². The second kappa shape index (κ2) is 4.74. The van der Waals surface area contributed by atoms with Crippen LogP contribution in [0.1, 0.15) is 10.4 Å². The first kappa shape index (κ1) is 11.3. The van der Waals surface area contributed by atoms with Crippen molar-refractivity contribution in [3.05, 3.63) is 48.5 Å². The molecule has 0 unspecified atom stereocenters. The molecule has 86 valence electrons. The van der Waals surface area contributed by atoms with Gasteiger partial charge < -0.3 is 4.90 Å². The molecule has 0 fully saturated rings. The zero-order valence-electron chi connectivity index (χ0n) is 9.79. The van der Waals surface area contributed by atoms with E-state index >= 15 is 0 Å². The summed E-state index contributed by atoms with van der Waals surface area (Å²) in [5, 5.41) is 0. The van der Waals surface area contributed by atoms with Gasteiger partial charge in [-0.25, -0.2) is 0 Å². The van der Waals surface area contributed by atoms with E-state index in [1.807, 2.05) is 18.2 Å². The van der Waals surface area contributed by atoms with Crippen molar-refractivity contribution < 1.29 is 4.79 Å². The van der Waals surface area contributed by atoms with Gasteiger partial charge in [0, 0.05) is 44.4 Å². The quantitative estimate of drug-likeness (QED) is 0.786. The summed E-state index contributed by atoms with van der Waals surface area (Å²) in [7, 11) is 3.45. The molecule has 4 nitrogen and oxygen atoms in total. The molecule has 0 aromatic carbocycles. The van der Waals surface area contributed by atoms with Gasteiger partial charge in [0.1, 0.15) is 0 Å². The van der Waals surface area contributed by atoms with E-state index in [0.717, 1.165) is 11.1 Å². The summed E-state index contributed by atoms with van der Waals surface area (Å²) in [6.45, 7) is 0. The lowest BCUT2D eigenvalue weighted by atomic mass is 10.1. The van der Waals surface area contributed by atoms with Gasteiger partial charge in [0.15, 0.2) is 0 Å². The molecule has 0 saturated carbocycles. The molecule has 17 heavy (non-hydrogen) atoms. The zero-order valence-corrected chi connectivity index (χ0v) is 9.79. The predicted octanol–water partition coefficient (Wildman–Crippen LogP) is 1.85. The van der Waals surface area contributed by atoms with Crippen LogP contribution in [-0.4, -0.2) is 34.9 Å². The SMILES string of the molecule is CN(C)C(=O)c1cncc(-c2ccncc2)c1. The molecule has 0 spiro atoms. The van der Waals surface area contributed by atoms with Crippen LogP contribution in [0.5, 0.6) is 0 Å². The number of carbonyl (C=O) groups is 1. The van der Waals surface area contributed by atoms with E-state index in [2.05, 4.69) is 9.97 Å². The largest absolute Gasteiger partial charge is 0.345 e. The summed E-state index contributed by atoms with van der Waals surface area (Å²) >= 11 is 0. The molecule has 0 aliphatic rings. The molecular formula is C13H13N3O. The number of rotatable bonds is 2. The van der Waals surface area contributed by atoms with E-state index in [-0.39, 0.29) is 5.91 Å². The molecule has 0 atom stereocenters. The Kier molecular flexibility index (Phi) is 3.14. The first-order valence-corrected chi connectivity index (χ1v) is 5.25. The van der Waals surface area contributed by atoms with Crippen LogP contribution in [0.4, 0.5) is 0 Å². The maximum absolute atomic E-state index is 11.8. The summed E-state index contributed by atoms with van der Waals surface area (Å²) in [5.41, 5.74) is 2.50. The number of pyridine rings is 2. The fourth-order valence-electron chi connectivity index (χ4n) is 1.52. The van der Waals surface area contributed by atoms with E-state index in [1.165, 1.54) is 4.90 Å². The highest BCUT2D eigenvalue weighted by atomic mass is 16.2. The van der Waals surface area contributed by atoms with E-state index < -0.39 is 0 Å². The number of aromatic nitrogens is 2.